The number of nitriles is 1. The Labute approximate surface area is 173 Å². The lowest BCUT2D eigenvalue weighted by atomic mass is 10.0. The molecule has 0 atom stereocenters. The third kappa shape index (κ3) is 3.96. The number of aromatic amines is 1. The molecular weight excluding hydrogens is 374 g/mol. The topological polar surface area (TPSA) is 87.4 Å². The number of fused-ring (bicyclic) bond motifs is 1. The first-order valence-electron chi connectivity index (χ1n) is 9.50. The standard InChI is InChI=1S/C24H19N5O/c1-17-23(21-12-5-6-13-22(21)26-17)24(30)19(14-25)10-7-11-20-16-29(28-27-20)15-18-8-3-2-4-9-18/h2-13,16,26H,15H2,1H3/b11-7+,19-10+. The van der Waals surface area contributed by atoms with Gasteiger partial charge in [0.2, 0.25) is 5.78 Å². The van der Waals surface area contributed by atoms with Gasteiger partial charge in [-0.1, -0.05) is 59.8 Å². The van der Waals surface area contributed by atoms with Crippen LogP contribution in [0.4, 0.5) is 0 Å². The van der Waals surface area contributed by atoms with Crippen molar-refractivity contribution in [2.45, 2.75) is 13.5 Å². The Morgan fingerprint density at radius 1 is 1.17 bits per heavy atom. The molecule has 0 fully saturated rings. The summed E-state index contributed by atoms with van der Waals surface area (Å²) < 4.78 is 1.74. The first-order chi connectivity index (χ1) is 14.7. The van der Waals surface area contributed by atoms with Gasteiger partial charge in [0, 0.05) is 16.6 Å². The van der Waals surface area contributed by atoms with Crippen molar-refractivity contribution in [3.8, 4) is 6.07 Å². The maximum Gasteiger partial charge on any atom is 0.205 e. The molecule has 0 aliphatic carbocycles. The Morgan fingerprint density at radius 3 is 2.73 bits per heavy atom. The maximum atomic E-state index is 12.9. The maximum absolute atomic E-state index is 12.9. The van der Waals surface area contributed by atoms with E-state index >= 15 is 0 Å². The summed E-state index contributed by atoms with van der Waals surface area (Å²) in [5.41, 5.74) is 3.99. The number of hydrogen-bond acceptors (Lipinski definition) is 4. The highest BCUT2D eigenvalue weighted by atomic mass is 16.1. The fourth-order valence-electron chi connectivity index (χ4n) is 3.35. The highest BCUT2D eigenvalue weighted by Gasteiger charge is 2.19. The molecule has 4 rings (SSSR count). The van der Waals surface area contributed by atoms with Gasteiger partial charge in [0.05, 0.1) is 18.3 Å². The van der Waals surface area contributed by atoms with Gasteiger partial charge in [-0.25, -0.2) is 4.68 Å². The summed E-state index contributed by atoms with van der Waals surface area (Å²) in [5.74, 6) is -0.301. The minimum Gasteiger partial charge on any atom is -0.358 e. The predicted molar refractivity (Wildman–Crippen MR) is 116 cm³/mol. The second kappa shape index (κ2) is 8.41. The van der Waals surface area contributed by atoms with Crippen molar-refractivity contribution in [2.75, 3.05) is 0 Å². The van der Waals surface area contributed by atoms with E-state index in [1.165, 1.54) is 6.08 Å². The van der Waals surface area contributed by atoms with Crippen LogP contribution in [0.25, 0.3) is 17.0 Å². The molecule has 0 aliphatic rings. The van der Waals surface area contributed by atoms with E-state index in [4.69, 9.17) is 0 Å². The second-order valence-corrected chi connectivity index (χ2v) is 6.88. The Morgan fingerprint density at radius 2 is 1.93 bits per heavy atom. The molecule has 2 aromatic carbocycles. The molecule has 1 N–H and O–H groups in total. The Bertz CT molecular complexity index is 1300. The first-order valence-corrected chi connectivity index (χ1v) is 9.50. The van der Waals surface area contributed by atoms with Gasteiger partial charge in [-0.3, -0.25) is 4.79 Å². The molecule has 6 nitrogen and oxygen atoms in total. The number of Topliss-reactive ketones (excluding diaryl/α,β-unsaturated/α-hetero) is 1. The van der Waals surface area contributed by atoms with E-state index in [2.05, 4.69) is 15.3 Å². The molecule has 6 heteroatoms. The van der Waals surface area contributed by atoms with Crippen molar-refractivity contribution in [3.63, 3.8) is 0 Å². The summed E-state index contributed by atoms with van der Waals surface area (Å²) in [4.78, 5) is 16.1. The summed E-state index contributed by atoms with van der Waals surface area (Å²) in [6, 6.07) is 19.6. The van der Waals surface area contributed by atoms with Crippen molar-refractivity contribution in [2.24, 2.45) is 0 Å². The average Bonchev–Trinajstić information content (AvgIpc) is 3.34. The molecule has 30 heavy (non-hydrogen) atoms. The number of carbonyl (C=O) groups is 1. The number of allylic oxidation sites excluding steroid dienone is 3. The van der Waals surface area contributed by atoms with E-state index in [9.17, 15) is 10.1 Å². The zero-order chi connectivity index (χ0) is 20.9. The van der Waals surface area contributed by atoms with Gasteiger partial charge in [0.1, 0.15) is 17.3 Å². The molecule has 0 saturated carbocycles. The van der Waals surface area contributed by atoms with Gasteiger partial charge >= 0.3 is 0 Å². The number of hydrogen-bond donors (Lipinski definition) is 1. The fourth-order valence-corrected chi connectivity index (χ4v) is 3.35. The van der Waals surface area contributed by atoms with Gasteiger partial charge in [0.25, 0.3) is 0 Å². The van der Waals surface area contributed by atoms with Crippen LogP contribution in [-0.4, -0.2) is 25.8 Å². The number of para-hydroxylation sites is 1. The summed E-state index contributed by atoms with van der Waals surface area (Å²) in [7, 11) is 0. The number of benzene rings is 2. The zero-order valence-corrected chi connectivity index (χ0v) is 16.4. The molecule has 0 amide bonds. The van der Waals surface area contributed by atoms with E-state index < -0.39 is 0 Å². The highest BCUT2D eigenvalue weighted by Crippen LogP contribution is 2.24. The van der Waals surface area contributed by atoms with Crippen LogP contribution in [-0.2, 0) is 6.54 Å². The average molecular weight is 393 g/mol. The minimum atomic E-state index is -0.301. The predicted octanol–water partition coefficient (Wildman–Crippen LogP) is 4.46. The van der Waals surface area contributed by atoms with Gasteiger partial charge in [-0.15, -0.1) is 5.10 Å². The molecule has 2 heterocycles. The molecule has 0 spiro atoms. The summed E-state index contributed by atoms with van der Waals surface area (Å²) >= 11 is 0. The van der Waals surface area contributed by atoms with Crippen LogP contribution >= 0.6 is 0 Å². The molecular formula is C24H19N5O. The van der Waals surface area contributed by atoms with Gasteiger partial charge in [-0.05, 0) is 30.7 Å². The van der Waals surface area contributed by atoms with Crippen molar-refractivity contribution < 1.29 is 4.79 Å². The lowest BCUT2D eigenvalue weighted by Crippen LogP contribution is -2.03. The number of nitrogens with zero attached hydrogens (tertiary/aromatic N) is 4. The van der Waals surface area contributed by atoms with Crippen LogP contribution < -0.4 is 0 Å². The summed E-state index contributed by atoms with van der Waals surface area (Å²) in [6.45, 7) is 2.46. The smallest absolute Gasteiger partial charge is 0.205 e. The molecule has 0 saturated heterocycles. The SMILES string of the molecule is Cc1[nH]c2ccccc2c1C(=O)/C(C#N)=C/C=C/c1cn(Cc2ccccc2)nn1. The largest absolute Gasteiger partial charge is 0.358 e. The Balaban J connectivity index is 1.52. The molecule has 0 bridgehead atoms. The number of aromatic nitrogens is 4. The normalized spacial score (nSPS) is 11.8. The van der Waals surface area contributed by atoms with Crippen LogP contribution in [0.3, 0.4) is 0 Å². The van der Waals surface area contributed by atoms with Crippen LogP contribution in [0.1, 0.15) is 27.3 Å². The zero-order valence-electron chi connectivity index (χ0n) is 16.4. The summed E-state index contributed by atoms with van der Waals surface area (Å²) in [5, 5.41) is 18.5. The van der Waals surface area contributed by atoms with Crippen molar-refractivity contribution in [1.29, 1.82) is 5.26 Å². The van der Waals surface area contributed by atoms with E-state index in [1.807, 2.05) is 73.8 Å². The Hall–Kier alpha value is -4.24. The molecule has 146 valence electrons. The quantitative estimate of drug-likeness (QED) is 0.227. The molecule has 0 radical (unpaired) electrons. The van der Waals surface area contributed by atoms with E-state index in [1.54, 1.807) is 16.8 Å². The number of nitrogens with one attached hydrogen (secondary N) is 1. The van der Waals surface area contributed by atoms with E-state index in [0.29, 0.717) is 17.8 Å². The number of H-pyrrole nitrogens is 1. The monoisotopic (exact) mass is 393 g/mol. The van der Waals surface area contributed by atoms with Crippen molar-refractivity contribution >= 4 is 22.8 Å². The number of carbonyl (C=O) groups excluding carboxylic acids is 1. The lowest BCUT2D eigenvalue weighted by molar-refractivity contribution is 0.104. The molecule has 0 aliphatic heterocycles. The van der Waals surface area contributed by atoms with E-state index in [-0.39, 0.29) is 11.4 Å². The first kappa shape index (κ1) is 19.1. The van der Waals surface area contributed by atoms with Crippen LogP contribution in [0.15, 0.2) is 78.5 Å². The molecule has 0 unspecified atom stereocenters. The van der Waals surface area contributed by atoms with Crippen molar-refractivity contribution in [1.82, 2.24) is 20.0 Å². The van der Waals surface area contributed by atoms with Crippen LogP contribution in [0.5, 0.6) is 0 Å². The second-order valence-electron chi connectivity index (χ2n) is 6.88. The molecule has 4 aromatic rings. The number of ketones is 1. The fraction of sp³-hybridized carbons (Fsp3) is 0.0833. The Kier molecular flexibility index (Phi) is 5.35. The van der Waals surface area contributed by atoms with E-state index in [0.717, 1.165) is 22.2 Å². The third-order valence-corrected chi connectivity index (χ3v) is 4.76. The minimum absolute atomic E-state index is 0.0655. The number of rotatable bonds is 6. The van der Waals surface area contributed by atoms with Gasteiger partial charge < -0.3 is 4.98 Å². The van der Waals surface area contributed by atoms with Crippen molar-refractivity contribution in [3.05, 3.63) is 101 Å². The van der Waals surface area contributed by atoms with Gasteiger partial charge in [-0.2, -0.15) is 5.26 Å². The number of aryl methyl sites for hydroxylation is 1. The third-order valence-electron chi connectivity index (χ3n) is 4.76. The summed E-state index contributed by atoms with van der Waals surface area (Å²) in [6.07, 6.45) is 6.70. The van der Waals surface area contributed by atoms with Gasteiger partial charge in [0.15, 0.2) is 0 Å². The van der Waals surface area contributed by atoms with Crippen LogP contribution in [0, 0.1) is 18.3 Å². The lowest BCUT2D eigenvalue weighted by Gasteiger charge is -1.99. The molecule has 2 aromatic heterocycles. The highest BCUT2D eigenvalue weighted by molar-refractivity contribution is 6.19. The van der Waals surface area contributed by atoms with Crippen LogP contribution in [0.2, 0.25) is 0 Å².